The number of thiazole rings is 1. The number of β-amino-alcohol motifs (C(OH)–C–C–N with tert-alkyl or cyclic N) is 1. The number of imidazole rings is 1. The van der Waals surface area contributed by atoms with Crippen LogP contribution in [0.5, 0.6) is 0 Å². The van der Waals surface area contributed by atoms with Gasteiger partial charge in [0.05, 0.1) is 40.1 Å². The van der Waals surface area contributed by atoms with Crippen LogP contribution in [0.4, 0.5) is 4.79 Å². The van der Waals surface area contributed by atoms with Crippen LogP contribution in [0, 0.1) is 12.3 Å². The number of likely N-dealkylation sites (tertiary alicyclic amines) is 1. The number of aromatic nitrogens is 3. The van der Waals surface area contributed by atoms with E-state index in [-0.39, 0.29) is 12.5 Å². The van der Waals surface area contributed by atoms with Gasteiger partial charge in [0, 0.05) is 13.0 Å². The molecule has 0 spiro atoms. The Morgan fingerprint density at radius 2 is 1.79 bits per heavy atom. The van der Waals surface area contributed by atoms with E-state index in [0.717, 1.165) is 27.4 Å². The van der Waals surface area contributed by atoms with Crippen molar-refractivity contribution in [3.63, 3.8) is 0 Å². The first kappa shape index (κ1) is 27.8. The van der Waals surface area contributed by atoms with Crippen LogP contribution in [0.25, 0.3) is 21.7 Å². The minimum atomic E-state index is -0.845. The first-order valence-electron chi connectivity index (χ1n) is 12.8. The second-order valence-electron chi connectivity index (χ2n) is 11.9. The molecule has 2 amide bonds. The zero-order chi connectivity index (χ0) is 27.8. The van der Waals surface area contributed by atoms with E-state index in [1.54, 1.807) is 43.2 Å². The molecule has 0 bridgehead atoms. The molecular formula is C28H37N5O4S. The highest BCUT2D eigenvalue weighted by molar-refractivity contribution is 7.13. The highest BCUT2D eigenvalue weighted by Crippen LogP contribution is 2.35. The van der Waals surface area contributed by atoms with Crippen molar-refractivity contribution >= 4 is 23.3 Å². The van der Waals surface area contributed by atoms with Gasteiger partial charge in [-0.05, 0) is 44.2 Å². The number of carbonyl (C=O) groups excluding carboxylic acids is 2. The molecule has 0 radical (unpaired) electrons. The molecule has 38 heavy (non-hydrogen) atoms. The average Bonchev–Trinajstić information content (AvgIpc) is 3.55. The normalized spacial score (nSPS) is 18.9. The molecule has 0 aliphatic carbocycles. The summed E-state index contributed by atoms with van der Waals surface area (Å²) in [5.74, 6) is 0.310. The first-order chi connectivity index (χ1) is 17.7. The lowest BCUT2D eigenvalue weighted by molar-refractivity contribution is -0.137. The number of rotatable bonds is 5. The van der Waals surface area contributed by atoms with E-state index in [4.69, 9.17) is 4.74 Å². The fourth-order valence-electron chi connectivity index (χ4n) is 4.59. The van der Waals surface area contributed by atoms with Gasteiger partial charge < -0.3 is 25.0 Å². The molecule has 0 unspecified atom stereocenters. The zero-order valence-electron chi connectivity index (χ0n) is 23.0. The Balaban J connectivity index is 1.55. The topological polar surface area (TPSA) is 120 Å². The summed E-state index contributed by atoms with van der Waals surface area (Å²) in [6.07, 6.45) is 0.752. The molecule has 3 aromatic rings. The Bertz CT molecular complexity index is 1290. The summed E-state index contributed by atoms with van der Waals surface area (Å²) in [7, 11) is 0. The summed E-state index contributed by atoms with van der Waals surface area (Å²) in [5.41, 5.74) is 4.46. The van der Waals surface area contributed by atoms with E-state index in [1.807, 2.05) is 45.3 Å². The number of aliphatic hydroxyl groups is 1. The summed E-state index contributed by atoms with van der Waals surface area (Å²) in [5, 5.41) is 13.3. The number of aliphatic hydroxyl groups excluding tert-OH is 1. The van der Waals surface area contributed by atoms with Crippen molar-refractivity contribution in [1.29, 1.82) is 0 Å². The van der Waals surface area contributed by atoms with Crippen molar-refractivity contribution in [2.75, 3.05) is 6.54 Å². The van der Waals surface area contributed by atoms with Crippen LogP contribution in [-0.4, -0.2) is 61.3 Å². The van der Waals surface area contributed by atoms with Crippen LogP contribution >= 0.6 is 11.3 Å². The predicted octanol–water partition coefficient (Wildman–Crippen LogP) is 5.08. The lowest BCUT2D eigenvalue weighted by atomic mass is 9.85. The summed E-state index contributed by atoms with van der Waals surface area (Å²) in [6, 6.07) is 6.87. The monoisotopic (exact) mass is 539 g/mol. The summed E-state index contributed by atoms with van der Waals surface area (Å²) in [6.45, 7) is 13.1. The van der Waals surface area contributed by atoms with Crippen LogP contribution < -0.4 is 5.32 Å². The third-order valence-electron chi connectivity index (χ3n) is 6.45. The standard InChI is InChI=1S/C28H37N5O4S/c1-16-22(38-15-30-16)18-10-8-17(9-11-18)20-13-29-24(31-20)21-12-19(34)14-33(21)25(35)23(27(2,3)4)32-26(36)37-28(5,6)7/h8-11,13,15,19,21,23,34H,12,14H2,1-7H3,(H,29,31)(H,32,36)/t19-,21+,23-/m1/s1. The number of aryl methyl sites for hydroxylation is 1. The van der Waals surface area contributed by atoms with Gasteiger partial charge in [-0.15, -0.1) is 11.3 Å². The van der Waals surface area contributed by atoms with Crippen molar-refractivity contribution in [3.05, 3.63) is 47.5 Å². The maximum absolute atomic E-state index is 13.8. The van der Waals surface area contributed by atoms with Crippen LogP contribution in [0.2, 0.25) is 0 Å². The number of hydrogen-bond donors (Lipinski definition) is 3. The number of benzene rings is 1. The predicted molar refractivity (Wildman–Crippen MR) is 148 cm³/mol. The van der Waals surface area contributed by atoms with Crippen LogP contribution in [0.15, 0.2) is 36.0 Å². The molecule has 0 saturated carbocycles. The fourth-order valence-corrected chi connectivity index (χ4v) is 5.40. The average molecular weight is 540 g/mol. The molecule has 1 fully saturated rings. The second-order valence-corrected chi connectivity index (χ2v) is 12.7. The lowest BCUT2D eigenvalue weighted by Gasteiger charge is -2.35. The van der Waals surface area contributed by atoms with E-state index in [9.17, 15) is 14.7 Å². The summed E-state index contributed by atoms with van der Waals surface area (Å²) < 4.78 is 5.41. The van der Waals surface area contributed by atoms with Crippen LogP contribution in [0.1, 0.15) is 65.5 Å². The van der Waals surface area contributed by atoms with Gasteiger partial charge >= 0.3 is 6.09 Å². The summed E-state index contributed by atoms with van der Waals surface area (Å²) in [4.78, 5) is 41.3. The minimum Gasteiger partial charge on any atom is -0.444 e. The number of carbonyl (C=O) groups is 2. The van der Waals surface area contributed by atoms with Gasteiger partial charge in [-0.3, -0.25) is 4.79 Å². The van der Waals surface area contributed by atoms with Gasteiger partial charge in [-0.25, -0.2) is 14.8 Å². The van der Waals surface area contributed by atoms with Gasteiger partial charge in [-0.2, -0.15) is 0 Å². The fraction of sp³-hybridized carbons (Fsp3) is 0.500. The molecule has 2 aromatic heterocycles. The molecule has 3 heterocycles. The maximum atomic E-state index is 13.8. The van der Waals surface area contributed by atoms with E-state index in [0.29, 0.717) is 12.2 Å². The molecule has 9 nitrogen and oxygen atoms in total. The molecule has 1 saturated heterocycles. The molecule has 3 N–H and O–H groups in total. The second kappa shape index (κ2) is 10.5. The van der Waals surface area contributed by atoms with Crippen molar-refractivity contribution in [2.45, 2.75) is 78.7 Å². The number of hydrogen-bond acceptors (Lipinski definition) is 7. The highest BCUT2D eigenvalue weighted by Gasteiger charge is 2.44. The highest BCUT2D eigenvalue weighted by atomic mass is 32.1. The van der Waals surface area contributed by atoms with Crippen LogP contribution in [-0.2, 0) is 9.53 Å². The number of nitrogens with one attached hydrogen (secondary N) is 2. The molecule has 1 aliphatic rings. The van der Waals surface area contributed by atoms with Crippen molar-refractivity contribution in [1.82, 2.24) is 25.2 Å². The minimum absolute atomic E-state index is 0.158. The molecule has 4 rings (SSSR count). The SMILES string of the molecule is Cc1ncsc1-c1ccc(-c2cnc([C@@H]3C[C@@H](O)CN3C(=O)[C@@H](NC(=O)OC(C)(C)C)C(C)(C)C)[nH]2)cc1. The molecule has 1 aromatic carbocycles. The number of H-pyrrole nitrogens is 1. The van der Waals surface area contributed by atoms with E-state index in [2.05, 4.69) is 32.4 Å². The molecule has 10 heteroatoms. The van der Waals surface area contributed by atoms with Crippen molar-refractivity contribution in [2.24, 2.45) is 5.41 Å². The molecule has 1 aliphatic heterocycles. The van der Waals surface area contributed by atoms with E-state index >= 15 is 0 Å². The Labute approximate surface area is 227 Å². The summed E-state index contributed by atoms with van der Waals surface area (Å²) >= 11 is 1.61. The number of aromatic amines is 1. The Kier molecular flexibility index (Phi) is 7.67. The van der Waals surface area contributed by atoms with Crippen molar-refractivity contribution < 1.29 is 19.4 Å². The number of alkyl carbamates (subject to hydrolysis) is 1. The third kappa shape index (κ3) is 6.24. The number of amides is 2. The van der Waals surface area contributed by atoms with Crippen molar-refractivity contribution in [3.8, 4) is 21.7 Å². The van der Waals surface area contributed by atoms with Gasteiger partial charge in [0.25, 0.3) is 0 Å². The largest absolute Gasteiger partial charge is 0.444 e. The molecule has 3 atom stereocenters. The van der Waals surface area contributed by atoms with Gasteiger partial charge in [-0.1, -0.05) is 45.0 Å². The van der Waals surface area contributed by atoms with Gasteiger partial charge in [0.2, 0.25) is 5.91 Å². The van der Waals surface area contributed by atoms with Crippen LogP contribution in [0.3, 0.4) is 0 Å². The van der Waals surface area contributed by atoms with Gasteiger partial charge in [0.15, 0.2) is 0 Å². The first-order valence-corrected chi connectivity index (χ1v) is 13.6. The smallest absolute Gasteiger partial charge is 0.408 e. The number of ether oxygens (including phenoxy) is 1. The molecule has 204 valence electrons. The van der Waals surface area contributed by atoms with Gasteiger partial charge in [0.1, 0.15) is 17.5 Å². The maximum Gasteiger partial charge on any atom is 0.408 e. The Morgan fingerprint density at radius 3 is 2.37 bits per heavy atom. The molecular weight excluding hydrogens is 502 g/mol. The number of nitrogens with zero attached hydrogens (tertiary/aromatic N) is 3. The third-order valence-corrected chi connectivity index (χ3v) is 7.43. The Morgan fingerprint density at radius 1 is 1.13 bits per heavy atom. The zero-order valence-corrected chi connectivity index (χ0v) is 23.8. The quantitative estimate of drug-likeness (QED) is 0.416. The van der Waals surface area contributed by atoms with E-state index < -0.39 is 35.3 Å². The van der Waals surface area contributed by atoms with E-state index in [1.165, 1.54) is 0 Å². The lowest BCUT2D eigenvalue weighted by Crippen LogP contribution is -2.55. The Hall–Kier alpha value is -3.24.